The van der Waals surface area contributed by atoms with Gasteiger partial charge >= 0.3 is 5.97 Å². The van der Waals surface area contributed by atoms with Crippen molar-refractivity contribution >= 4 is 16.9 Å². The molecule has 1 aromatic heterocycles. The predicted octanol–water partition coefficient (Wildman–Crippen LogP) is 3.65. The monoisotopic (exact) mass is 279 g/mol. The van der Waals surface area contributed by atoms with Crippen LogP contribution in [0.25, 0.3) is 10.9 Å². The van der Waals surface area contributed by atoms with E-state index in [1.165, 1.54) is 0 Å². The van der Waals surface area contributed by atoms with Crippen LogP contribution < -0.4 is 4.74 Å². The molecule has 0 saturated carbocycles. The van der Waals surface area contributed by atoms with Crippen molar-refractivity contribution < 1.29 is 14.6 Å². The number of hydrogen-bond acceptors (Lipinski definition) is 3. The molecule has 3 aromatic rings. The highest BCUT2D eigenvalue weighted by Gasteiger charge is 2.03. The average Bonchev–Trinajstić information content (AvgIpc) is 2.49. The first-order valence-corrected chi connectivity index (χ1v) is 6.55. The zero-order valence-electron chi connectivity index (χ0n) is 11.2. The summed E-state index contributed by atoms with van der Waals surface area (Å²) in [4.78, 5) is 15.1. The van der Waals surface area contributed by atoms with Crippen LogP contribution >= 0.6 is 0 Å². The molecule has 0 fully saturated rings. The van der Waals surface area contributed by atoms with Gasteiger partial charge in [0.2, 0.25) is 5.88 Å². The van der Waals surface area contributed by atoms with Gasteiger partial charge in [0.25, 0.3) is 0 Å². The number of benzene rings is 2. The molecule has 0 saturated heterocycles. The first-order chi connectivity index (χ1) is 10.2. The highest BCUT2D eigenvalue weighted by molar-refractivity contribution is 5.78. The van der Waals surface area contributed by atoms with Crippen LogP contribution in [-0.2, 0) is 11.2 Å². The van der Waals surface area contributed by atoms with Crippen LogP contribution in [-0.4, -0.2) is 16.1 Å². The van der Waals surface area contributed by atoms with Crippen LogP contribution in [0.2, 0.25) is 0 Å². The lowest BCUT2D eigenvalue weighted by atomic mass is 10.1. The third-order valence-corrected chi connectivity index (χ3v) is 3.07. The third kappa shape index (κ3) is 3.17. The van der Waals surface area contributed by atoms with Gasteiger partial charge in [0.1, 0.15) is 5.75 Å². The van der Waals surface area contributed by atoms with Gasteiger partial charge in [0.15, 0.2) is 0 Å². The van der Waals surface area contributed by atoms with Crippen molar-refractivity contribution in [2.24, 2.45) is 0 Å². The fourth-order valence-corrected chi connectivity index (χ4v) is 2.07. The Balaban J connectivity index is 1.79. The number of rotatable bonds is 4. The van der Waals surface area contributed by atoms with E-state index in [-0.39, 0.29) is 6.42 Å². The summed E-state index contributed by atoms with van der Waals surface area (Å²) < 4.78 is 5.69. The van der Waals surface area contributed by atoms with Gasteiger partial charge in [-0.25, -0.2) is 4.98 Å². The molecule has 0 amide bonds. The number of para-hydroxylation sites is 1. The Morgan fingerprint density at radius 3 is 2.52 bits per heavy atom. The number of fused-ring (bicyclic) bond motifs is 1. The van der Waals surface area contributed by atoms with Gasteiger partial charge in [-0.2, -0.15) is 0 Å². The molecular weight excluding hydrogens is 266 g/mol. The van der Waals surface area contributed by atoms with Gasteiger partial charge in [-0.1, -0.05) is 30.3 Å². The van der Waals surface area contributed by atoms with Gasteiger partial charge in [0, 0.05) is 11.5 Å². The minimum atomic E-state index is -0.847. The van der Waals surface area contributed by atoms with E-state index in [1.807, 2.05) is 36.4 Å². The molecule has 4 nitrogen and oxygen atoms in total. The third-order valence-electron chi connectivity index (χ3n) is 3.07. The molecule has 0 bridgehead atoms. The molecule has 104 valence electrons. The Hall–Kier alpha value is -2.88. The molecule has 4 heteroatoms. The molecule has 21 heavy (non-hydrogen) atoms. The molecule has 0 radical (unpaired) electrons. The average molecular weight is 279 g/mol. The summed E-state index contributed by atoms with van der Waals surface area (Å²) >= 11 is 0. The van der Waals surface area contributed by atoms with E-state index in [2.05, 4.69) is 4.98 Å². The second kappa shape index (κ2) is 5.63. The fourth-order valence-electron chi connectivity index (χ4n) is 2.07. The standard InChI is InChI=1S/C17H13NO3/c19-17(20)11-12-5-8-14(9-6-12)21-16-10-7-13-3-1-2-4-15(13)18-16/h1-10H,11H2,(H,19,20). The maximum Gasteiger partial charge on any atom is 0.307 e. The summed E-state index contributed by atoms with van der Waals surface area (Å²) in [5.41, 5.74) is 1.61. The number of ether oxygens (including phenoxy) is 1. The maximum atomic E-state index is 10.6. The van der Waals surface area contributed by atoms with Crippen molar-refractivity contribution in [1.82, 2.24) is 4.98 Å². The van der Waals surface area contributed by atoms with Crippen LogP contribution in [0.1, 0.15) is 5.56 Å². The van der Waals surface area contributed by atoms with E-state index < -0.39 is 5.97 Å². The molecule has 0 aliphatic heterocycles. The number of hydrogen-bond donors (Lipinski definition) is 1. The fraction of sp³-hybridized carbons (Fsp3) is 0.0588. The first kappa shape index (κ1) is 13.1. The molecular formula is C17H13NO3. The van der Waals surface area contributed by atoms with E-state index in [0.717, 1.165) is 16.5 Å². The molecule has 1 heterocycles. The van der Waals surface area contributed by atoms with Crippen LogP contribution in [0.4, 0.5) is 0 Å². The second-order valence-corrected chi connectivity index (χ2v) is 4.66. The van der Waals surface area contributed by atoms with Crippen molar-refractivity contribution in [3.63, 3.8) is 0 Å². The number of aromatic nitrogens is 1. The van der Waals surface area contributed by atoms with Crippen LogP contribution in [0.3, 0.4) is 0 Å². The number of pyridine rings is 1. The van der Waals surface area contributed by atoms with Crippen LogP contribution in [0.15, 0.2) is 60.7 Å². The zero-order valence-corrected chi connectivity index (χ0v) is 11.2. The first-order valence-electron chi connectivity index (χ1n) is 6.55. The van der Waals surface area contributed by atoms with Crippen molar-refractivity contribution in [1.29, 1.82) is 0 Å². The minimum absolute atomic E-state index is 0.00844. The smallest absolute Gasteiger partial charge is 0.307 e. The maximum absolute atomic E-state index is 10.6. The number of carboxylic acids is 1. The van der Waals surface area contributed by atoms with Crippen molar-refractivity contribution in [2.45, 2.75) is 6.42 Å². The lowest BCUT2D eigenvalue weighted by molar-refractivity contribution is -0.136. The Labute approximate surface area is 121 Å². The number of nitrogens with zero attached hydrogens (tertiary/aromatic N) is 1. The summed E-state index contributed by atoms with van der Waals surface area (Å²) in [5, 5.41) is 9.79. The second-order valence-electron chi connectivity index (χ2n) is 4.66. The van der Waals surface area contributed by atoms with E-state index in [4.69, 9.17) is 9.84 Å². The Morgan fingerprint density at radius 2 is 1.76 bits per heavy atom. The van der Waals surface area contributed by atoms with Crippen LogP contribution in [0, 0.1) is 0 Å². The minimum Gasteiger partial charge on any atom is -0.481 e. The number of carboxylic acid groups (broad SMARTS) is 1. The summed E-state index contributed by atoms with van der Waals surface area (Å²) in [6, 6.07) is 18.6. The zero-order chi connectivity index (χ0) is 14.7. The van der Waals surface area contributed by atoms with Gasteiger partial charge in [0.05, 0.1) is 11.9 Å². The highest BCUT2D eigenvalue weighted by atomic mass is 16.5. The van der Waals surface area contributed by atoms with Gasteiger partial charge < -0.3 is 9.84 Å². The van der Waals surface area contributed by atoms with E-state index in [0.29, 0.717) is 11.6 Å². The van der Waals surface area contributed by atoms with Crippen molar-refractivity contribution in [2.75, 3.05) is 0 Å². The van der Waals surface area contributed by atoms with Gasteiger partial charge in [-0.05, 0) is 29.8 Å². The topological polar surface area (TPSA) is 59.4 Å². The molecule has 0 spiro atoms. The van der Waals surface area contributed by atoms with E-state index >= 15 is 0 Å². The molecule has 2 aromatic carbocycles. The summed E-state index contributed by atoms with van der Waals surface area (Å²) in [6.07, 6.45) is 0.00844. The normalized spacial score (nSPS) is 10.5. The molecule has 0 unspecified atom stereocenters. The summed E-state index contributed by atoms with van der Waals surface area (Å²) in [7, 11) is 0. The molecule has 0 atom stereocenters. The molecule has 0 aliphatic carbocycles. The Morgan fingerprint density at radius 1 is 1.00 bits per heavy atom. The quantitative estimate of drug-likeness (QED) is 0.791. The van der Waals surface area contributed by atoms with Gasteiger partial charge in [-0.3, -0.25) is 4.79 Å². The number of aliphatic carboxylic acids is 1. The SMILES string of the molecule is O=C(O)Cc1ccc(Oc2ccc3ccccc3n2)cc1. The summed E-state index contributed by atoms with van der Waals surface area (Å²) in [6.45, 7) is 0. The lowest BCUT2D eigenvalue weighted by Gasteiger charge is -2.06. The molecule has 3 rings (SSSR count). The van der Waals surface area contributed by atoms with Crippen molar-refractivity contribution in [3.8, 4) is 11.6 Å². The van der Waals surface area contributed by atoms with E-state index in [9.17, 15) is 4.79 Å². The Kier molecular flexibility index (Phi) is 3.51. The highest BCUT2D eigenvalue weighted by Crippen LogP contribution is 2.22. The lowest BCUT2D eigenvalue weighted by Crippen LogP contribution is -1.99. The number of carbonyl (C=O) groups is 1. The summed E-state index contributed by atoms with van der Waals surface area (Å²) in [5.74, 6) is 0.298. The van der Waals surface area contributed by atoms with Crippen LogP contribution in [0.5, 0.6) is 11.6 Å². The van der Waals surface area contributed by atoms with Gasteiger partial charge in [-0.15, -0.1) is 0 Å². The van der Waals surface area contributed by atoms with E-state index in [1.54, 1.807) is 24.3 Å². The predicted molar refractivity (Wildman–Crippen MR) is 79.6 cm³/mol. The molecule has 1 N–H and O–H groups in total. The largest absolute Gasteiger partial charge is 0.481 e. The molecule has 0 aliphatic rings. The van der Waals surface area contributed by atoms with Crippen molar-refractivity contribution in [3.05, 3.63) is 66.2 Å². The Bertz CT molecular complexity index is 781.